The van der Waals surface area contributed by atoms with Crippen molar-refractivity contribution in [2.75, 3.05) is 26.2 Å². The van der Waals surface area contributed by atoms with Gasteiger partial charge in [0.25, 0.3) is 5.91 Å². The van der Waals surface area contributed by atoms with E-state index in [2.05, 4.69) is 5.10 Å². The smallest absolute Gasteiger partial charge is 0.272 e. The molecule has 1 aromatic heterocycles. The average Bonchev–Trinajstić information content (AvgIpc) is 3.10. The number of carbonyl (C=O) groups is 3. The molecule has 2 aliphatic rings. The summed E-state index contributed by atoms with van der Waals surface area (Å²) in [7, 11) is 0. The maximum atomic E-state index is 13.1. The van der Waals surface area contributed by atoms with E-state index in [1.165, 1.54) is 0 Å². The van der Waals surface area contributed by atoms with Crippen LogP contribution in [-0.2, 0) is 22.7 Å². The highest BCUT2D eigenvalue weighted by atomic mass is 16.2. The Balaban J connectivity index is 1.48. The van der Waals surface area contributed by atoms with Crippen molar-refractivity contribution in [1.29, 1.82) is 0 Å². The number of nitrogens with zero attached hydrogens (tertiary/aromatic N) is 5. The normalized spacial score (nSPS) is 19.9. The molecule has 8 heteroatoms. The lowest BCUT2D eigenvalue weighted by Gasteiger charge is -2.39. The molecular weight excluding hydrogens is 370 g/mol. The molecule has 0 radical (unpaired) electrons. The van der Waals surface area contributed by atoms with Gasteiger partial charge in [-0.2, -0.15) is 5.10 Å². The summed E-state index contributed by atoms with van der Waals surface area (Å²) >= 11 is 0. The molecule has 3 amide bonds. The van der Waals surface area contributed by atoms with Crippen LogP contribution in [0.5, 0.6) is 0 Å². The number of hydrogen-bond donors (Lipinski definition) is 0. The zero-order valence-corrected chi connectivity index (χ0v) is 16.5. The van der Waals surface area contributed by atoms with Gasteiger partial charge in [0.2, 0.25) is 11.8 Å². The summed E-state index contributed by atoms with van der Waals surface area (Å²) in [5.74, 6) is -0.204. The number of amides is 3. The van der Waals surface area contributed by atoms with Crippen LogP contribution in [0.15, 0.2) is 42.6 Å². The zero-order valence-electron chi connectivity index (χ0n) is 16.5. The van der Waals surface area contributed by atoms with E-state index >= 15 is 0 Å². The van der Waals surface area contributed by atoms with Gasteiger partial charge in [-0.15, -0.1) is 0 Å². The molecule has 2 aromatic rings. The lowest BCUT2D eigenvalue weighted by atomic mass is 10.1. The number of piperazine rings is 1. The molecule has 0 saturated carbocycles. The fourth-order valence-electron chi connectivity index (χ4n) is 4.10. The molecule has 0 spiro atoms. The summed E-state index contributed by atoms with van der Waals surface area (Å²) in [6.07, 6.45) is 2.06. The summed E-state index contributed by atoms with van der Waals surface area (Å²) in [5.41, 5.74) is 1.54. The van der Waals surface area contributed by atoms with Crippen LogP contribution < -0.4 is 0 Å². The molecule has 152 valence electrons. The van der Waals surface area contributed by atoms with Crippen LogP contribution in [0.2, 0.25) is 0 Å². The average molecular weight is 395 g/mol. The molecule has 8 nitrogen and oxygen atoms in total. The van der Waals surface area contributed by atoms with E-state index in [0.717, 1.165) is 5.56 Å². The first kappa shape index (κ1) is 19.2. The van der Waals surface area contributed by atoms with Crippen LogP contribution in [-0.4, -0.2) is 74.4 Å². The zero-order chi connectivity index (χ0) is 20.4. The van der Waals surface area contributed by atoms with Gasteiger partial charge in [-0.3, -0.25) is 19.1 Å². The van der Waals surface area contributed by atoms with Crippen molar-refractivity contribution in [3.05, 3.63) is 53.9 Å². The van der Waals surface area contributed by atoms with Gasteiger partial charge in [0.05, 0.1) is 0 Å². The van der Waals surface area contributed by atoms with Crippen molar-refractivity contribution in [3.8, 4) is 0 Å². The lowest BCUT2D eigenvalue weighted by molar-refractivity contribution is -0.156. The molecule has 2 fully saturated rings. The minimum absolute atomic E-state index is 0.0404. The number of carbonyl (C=O) groups excluding carboxylic acids is 3. The van der Waals surface area contributed by atoms with Gasteiger partial charge in [0.15, 0.2) is 0 Å². The predicted octanol–water partition coefficient (Wildman–Crippen LogP) is 0.988. The monoisotopic (exact) mass is 395 g/mol. The van der Waals surface area contributed by atoms with Gasteiger partial charge >= 0.3 is 0 Å². The molecule has 3 heterocycles. The highest BCUT2D eigenvalue weighted by Crippen LogP contribution is 2.21. The van der Waals surface area contributed by atoms with Gasteiger partial charge in [-0.1, -0.05) is 30.3 Å². The van der Waals surface area contributed by atoms with E-state index in [1.54, 1.807) is 31.6 Å². The largest absolute Gasteiger partial charge is 0.335 e. The number of benzene rings is 1. The number of fused-ring (bicyclic) bond motifs is 1. The molecule has 2 aliphatic heterocycles. The van der Waals surface area contributed by atoms with Gasteiger partial charge in [-0.25, -0.2) is 0 Å². The Morgan fingerprint density at radius 2 is 1.90 bits per heavy atom. The second-order valence-electron chi connectivity index (χ2n) is 7.40. The fourth-order valence-corrected chi connectivity index (χ4v) is 4.10. The first-order valence-corrected chi connectivity index (χ1v) is 10.0. The molecule has 29 heavy (non-hydrogen) atoms. The predicted molar refractivity (Wildman–Crippen MR) is 106 cm³/mol. The standard InChI is InChI=1S/C21H25N5O3/c1-2-26-18(8-10-22-26)21(29)23-11-9-17-20(28)24(14-16-6-4-3-5-7-16)15-19(27)25(17)13-12-23/h3-8,10,17H,2,9,11-15H2,1H3. The molecule has 4 rings (SSSR count). The molecule has 1 aromatic carbocycles. The third-order valence-electron chi connectivity index (χ3n) is 5.64. The Hall–Kier alpha value is -3.16. The highest BCUT2D eigenvalue weighted by Gasteiger charge is 2.41. The van der Waals surface area contributed by atoms with Crippen LogP contribution >= 0.6 is 0 Å². The van der Waals surface area contributed by atoms with Gasteiger partial charge in [-0.05, 0) is 25.0 Å². The summed E-state index contributed by atoms with van der Waals surface area (Å²) in [5, 5.41) is 4.16. The first-order chi connectivity index (χ1) is 14.1. The minimum Gasteiger partial charge on any atom is -0.335 e. The van der Waals surface area contributed by atoms with E-state index < -0.39 is 6.04 Å². The van der Waals surface area contributed by atoms with Gasteiger partial charge < -0.3 is 14.7 Å². The Morgan fingerprint density at radius 3 is 2.66 bits per heavy atom. The molecule has 1 atom stereocenters. The van der Waals surface area contributed by atoms with E-state index in [4.69, 9.17) is 0 Å². The Bertz CT molecular complexity index is 910. The first-order valence-electron chi connectivity index (χ1n) is 10.0. The van der Waals surface area contributed by atoms with Crippen molar-refractivity contribution in [2.24, 2.45) is 0 Å². The molecule has 0 N–H and O–H groups in total. The quantitative estimate of drug-likeness (QED) is 0.773. The number of aromatic nitrogens is 2. The minimum atomic E-state index is -0.506. The molecule has 0 bridgehead atoms. The maximum Gasteiger partial charge on any atom is 0.272 e. The second-order valence-corrected chi connectivity index (χ2v) is 7.40. The van der Waals surface area contributed by atoms with E-state index in [0.29, 0.717) is 44.8 Å². The van der Waals surface area contributed by atoms with Crippen molar-refractivity contribution in [3.63, 3.8) is 0 Å². The topological polar surface area (TPSA) is 78.8 Å². The van der Waals surface area contributed by atoms with E-state index in [1.807, 2.05) is 37.3 Å². The van der Waals surface area contributed by atoms with Crippen LogP contribution in [0.3, 0.4) is 0 Å². The number of rotatable bonds is 4. The number of hydrogen-bond acceptors (Lipinski definition) is 4. The van der Waals surface area contributed by atoms with Gasteiger partial charge in [0.1, 0.15) is 18.3 Å². The van der Waals surface area contributed by atoms with Crippen molar-refractivity contribution >= 4 is 17.7 Å². The van der Waals surface area contributed by atoms with E-state index in [9.17, 15) is 14.4 Å². The van der Waals surface area contributed by atoms with Crippen LogP contribution in [0.1, 0.15) is 29.4 Å². The third-order valence-corrected chi connectivity index (χ3v) is 5.64. The fraction of sp³-hybridized carbons (Fsp3) is 0.429. The van der Waals surface area contributed by atoms with Crippen molar-refractivity contribution in [2.45, 2.75) is 32.5 Å². The molecule has 1 unspecified atom stereocenters. The molecule has 2 saturated heterocycles. The highest BCUT2D eigenvalue weighted by molar-refractivity contribution is 5.96. The van der Waals surface area contributed by atoms with Crippen LogP contribution in [0.25, 0.3) is 0 Å². The summed E-state index contributed by atoms with van der Waals surface area (Å²) in [6, 6.07) is 10.9. The second kappa shape index (κ2) is 8.06. The summed E-state index contributed by atoms with van der Waals surface area (Å²) in [4.78, 5) is 43.8. The van der Waals surface area contributed by atoms with Crippen molar-refractivity contribution < 1.29 is 14.4 Å². The van der Waals surface area contributed by atoms with Crippen LogP contribution in [0, 0.1) is 0 Å². The Morgan fingerprint density at radius 1 is 1.10 bits per heavy atom. The lowest BCUT2D eigenvalue weighted by Crippen LogP contribution is -2.59. The SMILES string of the molecule is CCn1nccc1C(=O)N1CCC2C(=O)N(Cc3ccccc3)CC(=O)N2CC1. The molecule has 0 aliphatic carbocycles. The van der Waals surface area contributed by atoms with E-state index in [-0.39, 0.29) is 24.3 Å². The summed E-state index contributed by atoms with van der Waals surface area (Å²) in [6.45, 7) is 4.29. The third kappa shape index (κ3) is 3.74. The van der Waals surface area contributed by atoms with Crippen LogP contribution in [0.4, 0.5) is 0 Å². The number of aryl methyl sites for hydroxylation is 1. The molecular formula is C21H25N5O3. The summed E-state index contributed by atoms with van der Waals surface area (Å²) < 4.78 is 1.67. The van der Waals surface area contributed by atoms with Gasteiger partial charge in [0, 0.05) is 38.9 Å². The maximum absolute atomic E-state index is 13.1. The Kier molecular flexibility index (Phi) is 5.33. The Labute approximate surface area is 169 Å². The van der Waals surface area contributed by atoms with Crippen molar-refractivity contribution in [1.82, 2.24) is 24.5 Å².